The van der Waals surface area contributed by atoms with Crippen LogP contribution in [0.1, 0.15) is 19.3 Å². The van der Waals surface area contributed by atoms with Crippen LogP contribution in [-0.2, 0) is 0 Å². The number of nitrogens with one attached hydrogen (secondary N) is 2. The van der Waals surface area contributed by atoms with Gasteiger partial charge >= 0.3 is 0 Å². The smallest absolute Gasteiger partial charge is 0.0652 e. The van der Waals surface area contributed by atoms with Gasteiger partial charge in [0.05, 0.1) is 10.7 Å². The Bertz CT molecular complexity index is 349. The second-order valence-electron chi connectivity index (χ2n) is 4.15. The summed E-state index contributed by atoms with van der Waals surface area (Å²) in [6.45, 7) is 2.04. The van der Waals surface area contributed by atoms with Gasteiger partial charge in [-0.1, -0.05) is 29.6 Å². The summed E-state index contributed by atoms with van der Waals surface area (Å²) in [6.07, 6.45) is 3.84. The Labute approximate surface area is 106 Å². The second kappa shape index (κ2) is 5.76. The van der Waals surface area contributed by atoms with E-state index in [9.17, 15) is 0 Å². The van der Waals surface area contributed by atoms with Crippen molar-refractivity contribution in [1.29, 1.82) is 0 Å². The Morgan fingerprint density at radius 1 is 1.31 bits per heavy atom. The van der Waals surface area contributed by atoms with Crippen LogP contribution < -0.4 is 10.6 Å². The Kier molecular flexibility index (Phi) is 4.33. The summed E-state index contributed by atoms with van der Waals surface area (Å²) in [5.74, 6) is 0. The van der Waals surface area contributed by atoms with E-state index >= 15 is 0 Å². The highest BCUT2D eigenvalue weighted by atomic mass is 35.5. The van der Waals surface area contributed by atoms with Gasteiger partial charge in [0.2, 0.25) is 0 Å². The number of benzene rings is 1. The van der Waals surface area contributed by atoms with E-state index in [1.807, 2.05) is 12.1 Å². The molecular weight excluding hydrogens is 243 g/mol. The zero-order chi connectivity index (χ0) is 11.4. The van der Waals surface area contributed by atoms with Crippen LogP contribution in [-0.4, -0.2) is 19.1 Å². The number of anilines is 1. The number of hydrogen-bond donors (Lipinski definition) is 2. The van der Waals surface area contributed by atoms with Crippen LogP contribution in [0.25, 0.3) is 0 Å². The summed E-state index contributed by atoms with van der Waals surface area (Å²) >= 11 is 11.9. The van der Waals surface area contributed by atoms with Crippen LogP contribution in [0.5, 0.6) is 0 Å². The summed E-state index contributed by atoms with van der Waals surface area (Å²) < 4.78 is 0. The third-order valence-electron chi connectivity index (χ3n) is 2.88. The number of hydrogen-bond acceptors (Lipinski definition) is 2. The summed E-state index contributed by atoms with van der Waals surface area (Å²) in [5, 5.41) is 8.20. The lowest BCUT2D eigenvalue weighted by Gasteiger charge is -2.24. The molecule has 88 valence electrons. The molecule has 1 aromatic carbocycles. The molecule has 1 unspecified atom stereocenters. The van der Waals surface area contributed by atoms with Gasteiger partial charge in [0.15, 0.2) is 0 Å². The lowest BCUT2D eigenvalue weighted by Crippen LogP contribution is -2.39. The molecule has 1 fully saturated rings. The van der Waals surface area contributed by atoms with Gasteiger partial charge in [-0.25, -0.2) is 0 Å². The number of halogens is 2. The third kappa shape index (κ3) is 3.27. The minimum Gasteiger partial charge on any atom is -0.382 e. The molecule has 0 aliphatic carbocycles. The fourth-order valence-electron chi connectivity index (χ4n) is 1.96. The third-order valence-corrected chi connectivity index (χ3v) is 3.43. The van der Waals surface area contributed by atoms with Gasteiger partial charge in [-0.15, -0.1) is 0 Å². The van der Waals surface area contributed by atoms with Crippen molar-refractivity contribution >= 4 is 28.9 Å². The van der Waals surface area contributed by atoms with E-state index in [0.717, 1.165) is 18.8 Å². The van der Waals surface area contributed by atoms with Gasteiger partial charge in [-0.3, -0.25) is 0 Å². The lowest BCUT2D eigenvalue weighted by molar-refractivity contribution is 0.414. The van der Waals surface area contributed by atoms with Crippen molar-refractivity contribution in [3.63, 3.8) is 0 Å². The maximum atomic E-state index is 6.08. The van der Waals surface area contributed by atoms with Crippen LogP contribution in [0.15, 0.2) is 18.2 Å². The molecule has 1 aromatic rings. The standard InChI is InChI=1S/C12H16Cl2N2/c13-9-4-5-12(11(14)7-9)16-8-10-3-1-2-6-15-10/h4-5,7,10,15-16H,1-3,6,8H2. The first-order chi connectivity index (χ1) is 7.75. The van der Waals surface area contributed by atoms with E-state index in [-0.39, 0.29) is 0 Å². The van der Waals surface area contributed by atoms with Crippen molar-refractivity contribution in [2.45, 2.75) is 25.3 Å². The molecule has 2 rings (SSSR count). The van der Waals surface area contributed by atoms with Crippen molar-refractivity contribution < 1.29 is 0 Å². The number of piperidine rings is 1. The van der Waals surface area contributed by atoms with E-state index in [1.54, 1.807) is 6.07 Å². The molecule has 0 bridgehead atoms. The summed E-state index contributed by atoms with van der Waals surface area (Å²) in [7, 11) is 0. The molecular formula is C12H16Cl2N2. The second-order valence-corrected chi connectivity index (χ2v) is 5.00. The Balaban J connectivity index is 1.88. The quantitative estimate of drug-likeness (QED) is 0.867. The zero-order valence-electron chi connectivity index (χ0n) is 9.10. The molecule has 0 radical (unpaired) electrons. The van der Waals surface area contributed by atoms with E-state index in [1.165, 1.54) is 19.3 Å². The van der Waals surface area contributed by atoms with Crippen molar-refractivity contribution in [2.24, 2.45) is 0 Å². The van der Waals surface area contributed by atoms with Crippen molar-refractivity contribution in [3.8, 4) is 0 Å². The Morgan fingerprint density at radius 3 is 2.88 bits per heavy atom. The van der Waals surface area contributed by atoms with Gasteiger partial charge < -0.3 is 10.6 Å². The molecule has 1 aliphatic heterocycles. The monoisotopic (exact) mass is 258 g/mol. The lowest BCUT2D eigenvalue weighted by atomic mass is 10.1. The first-order valence-corrected chi connectivity index (χ1v) is 6.43. The molecule has 2 N–H and O–H groups in total. The van der Waals surface area contributed by atoms with Gasteiger partial charge in [-0.05, 0) is 37.6 Å². The number of rotatable bonds is 3. The average molecular weight is 259 g/mol. The van der Waals surface area contributed by atoms with Crippen LogP contribution in [0.3, 0.4) is 0 Å². The van der Waals surface area contributed by atoms with Gasteiger partial charge in [-0.2, -0.15) is 0 Å². The highest BCUT2D eigenvalue weighted by Gasteiger charge is 2.12. The predicted octanol–water partition coefficient (Wildman–Crippen LogP) is 3.55. The van der Waals surface area contributed by atoms with E-state index in [4.69, 9.17) is 23.2 Å². The van der Waals surface area contributed by atoms with Crippen LogP contribution in [0, 0.1) is 0 Å². The topological polar surface area (TPSA) is 24.1 Å². The molecule has 0 aromatic heterocycles. The van der Waals surface area contributed by atoms with Crippen molar-refractivity contribution in [1.82, 2.24) is 5.32 Å². The molecule has 1 aliphatic rings. The summed E-state index contributed by atoms with van der Waals surface area (Å²) in [6, 6.07) is 6.10. The van der Waals surface area contributed by atoms with Gasteiger partial charge in [0.1, 0.15) is 0 Å². The Morgan fingerprint density at radius 2 is 2.19 bits per heavy atom. The van der Waals surface area contributed by atoms with E-state index in [0.29, 0.717) is 16.1 Å². The molecule has 16 heavy (non-hydrogen) atoms. The fraction of sp³-hybridized carbons (Fsp3) is 0.500. The molecule has 4 heteroatoms. The maximum Gasteiger partial charge on any atom is 0.0652 e. The van der Waals surface area contributed by atoms with E-state index < -0.39 is 0 Å². The van der Waals surface area contributed by atoms with Gasteiger partial charge in [0, 0.05) is 17.6 Å². The maximum absolute atomic E-state index is 6.08. The molecule has 1 atom stereocenters. The van der Waals surface area contributed by atoms with Gasteiger partial charge in [0.25, 0.3) is 0 Å². The summed E-state index contributed by atoms with van der Waals surface area (Å²) in [5.41, 5.74) is 0.957. The minimum absolute atomic E-state index is 0.556. The minimum atomic E-state index is 0.556. The highest BCUT2D eigenvalue weighted by Crippen LogP contribution is 2.25. The Hall–Kier alpha value is -0.440. The molecule has 0 amide bonds. The fourth-order valence-corrected chi connectivity index (χ4v) is 2.44. The highest BCUT2D eigenvalue weighted by molar-refractivity contribution is 6.36. The van der Waals surface area contributed by atoms with E-state index in [2.05, 4.69) is 10.6 Å². The van der Waals surface area contributed by atoms with Crippen LogP contribution in [0.2, 0.25) is 10.0 Å². The van der Waals surface area contributed by atoms with Crippen molar-refractivity contribution in [2.75, 3.05) is 18.4 Å². The predicted molar refractivity (Wildman–Crippen MR) is 70.6 cm³/mol. The SMILES string of the molecule is Clc1ccc(NCC2CCCCN2)c(Cl)c1. The molecule has 2 nitrogen and oxygen atoms in total. The average Bonchev–Trinajstić information content (AvgIpc) is 2.29. The van der Waals surface area contributed by atoms with Crippen LogP contribution >= 0.6 is 23.2 Å². The first-order valence-electron chi connectivity index (χ1n) is 5.68. The zero-order valence-corrected chi connectivity index (χ0v) is 10.6. The molecule has 0 spiro atoms. The first kappa shape index (κ1) is 12.0. The van der Waals surface area contributed by atoms with Crippen LogP contribution in [0.4, 0.5) is 5.69 Å². The molecule has 1 saturated heterocycles. The van der Waals surface area contributed by atoms with Crippen molar-refractivity contribution in [3.05, 3.63) is 28.2 Å². The largest absolute Gasteiger partial charge is 0.382 e. The normalized spacial score (nSPS) is 20.8. The summed E-state index contributed by atoms with van der Waals surface area (Å²) in [4.78, 5) is 0. The molecule has 0 saturated carbocycles. The molecule has 1 heterocycles.